The molecular formula is C22H21Cl2N3O4. The molecule has 4 aromatic rings. The van der Waals surface area contributed by atoms with E-state index in [-0.39, 0.29) is 31.4 Å². The van der Waals surface area contributed by atoms with Crippen LogP contribution in [0.4, 0.5) is 0 Å². The molecule has 31 heavy (non-hydrogen) atoms. The van der Waals surface area contributed by atoms with E-state index in [2.05, 4.69) is 9.97 Å². The molecule has 0 aliphatic heterocycles. The first-order valence-electron chi connectivity index (χ1n) is 8.98. The van der Waals surface area contributed by atoms with Crippen LogP contribution in [0.3, 0.4) is 0 Å². The van der Waals surface area contributed by atoms with Crippen LogP contribution in [0.1, 0.15) is 16.2 Å². The number of fused-ring (bicyclic) bond motifs is 1. The van der Waals surface area contributed by atoms with Crippen molar-refractivity contribution < 1.29 is 19.0 Å². The Hall–Kier alpha value is -3.29. The second-order valence-electron chi connectivity index (χ2n) is 6.34. The highest BCUT2D eigenvalue weighted by molar-refractivity contribution is 5.89. The van der Waals surface area contributed by atoms with Crippen LogP contribution in [-0.4, -0.2) is 27.6 Å². The first kappa shape index (κ1) is 24.0. The number of rotatable bonds is 6. The van der Waals surface area contributed by atoms with Crippen LogP contribution in [0.25, 0.3) is 11.0 Å². The van der Waals surface area contributed by atoms with E-state index in [0.29, 0.717) is 22.8 Å². The van der Waals surface area contributed by atoms with Gasteiger partial charge in [0.15, 0.2) is 0 Å². The molecule has 0 atom stereocenters. The Morgan fingerprint density at radius 1 is 1.00 bits per heavy atom. The van der Waals surface area contributed by atoms with Crippen LogP contribution < -0.4 is 9.47 Å². The molecule has 0 aliphatic rings. The number of aromatic nitrogens is 3. The molecule has 7 nitrogen and oxygen atoms in total. The minimum absolute atomic E-state index is 0. The highest BCUT2D eigenvalue weighted by Crippen LogP contribution is 2.26. The van der Waals surface area contributed by atoms with E-state index in [9.17, 15) is 4.79 Å². The minimum atomic E-state index is -0.403. The lowest BCUT2D eigenvalue weighted by molar-refractivity contribution is 0.0600. The maximum absolute atomic E-state index is 11.7. The summed E-state index contributed by atoms with van der Waals surface area (Å²) in [6.07, 6.45) is 3.36. The number of methoxy groups -OCH3 is 1. The van der Waals surface area contributed by atoms with Crippen LogP contribution >= 0.6 is 24.8 Å². The highest BCUT2D eigenvalue weighted by atomic mass is 35.5. The summed E-state index contributed by atoms with van der Waals surface area (Å²) >= 11 is 0. The predicted molar refractivity (Wildman–Crippen MR) is 122 cm³/mol. The molecule has 2 aromatic carbocycles. The van der Waals surface area contributed by atoms with Gasteiger partial charge in [-0.3, -0.25) is 4.98 Å². The van der Waals surface area contributed by atoms with Crippen molar-refractivity contribution in [2.75, 3.05) is 7.11 Å². The molecular weight excluding hydrogens is 441 g/mol. The van der Waals surface area contributed by atoms with Crippen LogP contribution in [-0.2, 0) is 18.4 Å². The zero-order chi connectivity index (χ0) is 20.2. The lowest BCUT2D eigenvalue weighted by Crippen LogP contribution is -2.05. The summed E-state index contributed by atoms with van der Waals surface area (Å²) < 4.78 is 18.4. The maximum atomic E-state index is 11.7. The molecule has 4 rings (SSSR count). The molecule has 9 heteroatoms. The van der Waals surface area contributed by atoms with Crippen molar-refractivity contribution in [3.63, 3.8) is 0 Å². The largest absolute Gasteiger partial charge is 0.486 e. The summed E-state index contributed by atoms with van der Waals surface area (Å²) in [4.78, 5) is 20.3. The summed E-state index contributed by atoms with van der Waals surface area (Å²) in [6, 6.07) is 16.2. The second kappa shape index (κ2) is 10.7. The molecule has 0 spiro atoms. The summed E-state index contributed by atoms with van der Waals surface area (Å²) in [5.41, 5.74) is 2.20. The van der Waals surface area contributed by atoms with Gasteiger partial charge in [0.05, 0.1) is 29.9 Å². The van der Waals surface area contributed by atoms with E-state index in [1.165, 1.54) is 7.11 Å². The lowest BCUT2D eigenvalue weighted by atomic mass is 10.2. The first-order valence-corrected chi connectivity index (χ1v) is 8.98. The molecule has 0 unspecified atom stereocenters. The number of halogens is 2. The Morgan fingerprint density at radius 3 is 2.55 bits per heavy atom. The number of aryl methyl sites for hydroxylation is 1. The van der Waals surface area contributed by atoms with Crippen molar-refractivity contribution in [1.82, 2.24) is 14.5 Å². The smallest absolute Gasteiger partial charge is 0.337 e. The third-order valence-electron chi connectivity index (χ3n) is 4.44. The second-order valence-corrected chi connectivity index (χ2v) is 6.34. The minimum Gasteiger partial charge on any atom is -0.486 e. The van der Waals surface area contributed by atoms with Gasteiger partial charge in [0.25, 0.3) is 0 Å². The van der Waals surface area contributed by atoms with Crippen molar-refractivity contribution in [1.29, 1.82) is 0 Å². The Labute approximate surface area is 191 Å². The van der Waals surface area contributed by atoms with E-state index in [1.54, 1.807) is 36.7 Å². The third kappa shape index (κ3) is 5.45. The van der Waals surface area contributed by atoms with E-state index < -0.39 is 5.97 Å². The van der Waals surface area contributed by atoms with Gasteiger partial charge in [0.1, 0.15) is 29.7 Å². The van der Waals surface area contributed by atoms with E-state index >= 15 is 0 Å². The van der Waals surface area contributed by atoms with Gasteiger partial charge in [0.2, 0.25) is 0 Å². The normalized spacial score (nSPS) is 10.0. The number of ether oxygens (including phenoxy) is 3. The molecule has 0 radical (unpaired) electrons. The van der Waals surface area contributed by atoms with Crippen molar-refractivity contribution in [3.8, 4) is 17.2 Å². The van der Waals surface area contributed by atoms with Gasteiger partial charge in [-0.05, 0) is 42.5 Å². The number of carbonyl (C=O) groups excluding carboxylic acids is 1. The molecule has 2 heterocycles. The van der Waals surface area contributed by atoms with Gasteiger partial charge in [-0.15, -0.1) is 24.8 Å². The number of esters is 1. The van der Waals surface area contributed by atoms with Gasteiger partial charge >= 0.3 is 5.97 Å². The molecule has 0 saturated heterocycles. The molecule has 0 saturated carbocycles. The zero-order valence-corrected chi connectivity index (χ0v) is 18.5. The number of pyridine rings is 1. The number of nitrogens with zero attached hydrogens (tertiary/aromatic N) is 3. The van der Waals surface area contributed by atoms with Crippen molar-refractivity contribution in [2.45, 2.75) is 6.61 Å². The van der Waals surface area contributed by atoms with Crippen LogP contribution in [0, 0.1) is 0 Å². The predicted octanol–water partition coefficient (Wildman–Crippen LogP) is 4.97. The number of carbonyl (C=O) groups is 1. The summed E-state index contributed by atoms with van der Waals surface area (Å²) in [5, 5.41) is 0. The van der Waals surface area contributed by atoms with Gasteiger partial charge in [0, 0.05) is 19.3 Å². The summed E-state index contributed by atoms with van der Waals surface area (Å²) in [7, 11) is 3.27. The van der Waals surface area contributed by atoms with Crippen molar-refractivity contribution in [2.24, 2.45) is 7.05 Å². The fraction of sp³-hybridized carbons (Fsp3) is 0.136. The van der Waals surface area contributed by atoms with Gasteiger partial charge in [-0.2, -0.15) is 0 Å². The summed E-state index contributed by atoms with van der Waals surface area (Å²) in [6.45, 7) is 0.259. The first-order chi connectivity index (χ1) is 14.1. The Morgan fingerprint density at radius 2 is 1.81 bits per heavy atom. The monoisotopic (exact) mass is 461 g/mol. The zero-order valence-electron chi connectivity index (χ0n) is 16.8. The number of hydrogen-bond donors (Lipinski definition) is 0. The molecule has 0 N–H and O–H groups in total. The topological polar surface area (TPSA) is 75.5 Å². The van der Waals surface area contributed by atoms with Crippen molar-refractivity contribution >= 4 is 41.8 Å². The summed E-state index contributed by atoms with van der Waals surface area (Å²) in [5.74, 6) is 2.29. The van der Waals surface area contributed by atoms with Gasteiger partial charge in [-0.25, -0.2) is 9.78 Å². The number of hydrogen-bond acceptors (Lipinski definition) is 6. The van der Waals surface area contributed by atoms with Crippen LogP contribution in [0.5, 0.6) is 17.2 Å². The third-order valence-corrected chi connectivity index (χ3v) is 4.44. The fourth-order valence-electron chi connectivity index (χ4n) is 2.93. The Bertz CT molecular complexity index is 1170. The lowest BCUT2D eigenvalue weighted by Gasteiger charge is -2.08. The Kier molecular flexibility index (Phi) is 8.24. The SMILES string of the molecule is COC(=O)c1cccc(OCc2nc3ccc(Oc4cccnc4)cc3n2C)c1.Cl.Cl. The molecule has 0 bridgehead atoms. The molecule has 2 aromatic heterocycles. The van der Waals surface area contributed by atoms with E-state index in [1.807, 2.05) is 41.9 Å². The van der Waals surface area contributed by atoms with E-state index in [4.69, 9.17) is 14.2 Å². The highest BCUT2D eigenvalue weighted by Gasteiger charge is 2.11. The number of benzene rings is 2. The van der Waals surface area contributed by atoms with Gasteiger partial charge < -0.3 is 18.8 Å². The maximum Gasteiger partial charge on any atom is 0.337 e. The van der Waals surface area contributed by atoms with Crippen LogP contribution in [0.2, 0.25) is 0 Å². The molecule has 0 aliphatic carbocycles. The van der Waals surface area contributed by atoms with Gasteiger partial charge in [-0.1, -0.05) is 6.07 Å². The Balaban J connectivity index is 0.00000171. The van der Waals surface area contributed by atoms with E-state index in [0.717, 1.165) is 16.9 Å². The average molecular weight is 462 g/mol. The molecule has 0 amide bonds. The van der Waals surface area contributed by atoms with Crippen LogP contribution in [0.15, 0.2) is 67.0 Å². The average Bonchev–Trinajstić information content (AvgIpc) is 3.08. The number of imidazole rings is 1. The standard InChI is InChI=1S/C22H19N3O4.2ClH/c1-25-20-12-17(29-18-7-4-10-23-13-18)8-9-19(20)24-21(25)14-28-16-6-3-5-15(11-16)22(26)27-2;;/h3-13H,14H2,1-2H3;2*1H. The fourth-order valence-corrected chi connectivity index (χ4v) is 2.93. The molecule has 162 valence electrons. The van der Waals surface area contributed by atoms with Crippen molar-refractivity contribution in [3.05, 3.63) is 78.4 Å². The quantitative estimate of drug-likeness (QED) is 0.377. The molecule has 0 fully saturated rings.